The molecule has 2 aliphatic rings. The van der Waals surface area contributed by atoms with Crippen LogP contribution in [0.15, 0.2) is 66.0 Å². The van der Waals surface area contributed by atoms with E-state index in [2.05, 4.69) is 5.32 Å². The number of allylic oxidation sites excluding steroid dienone is 1. The van der Waals surface area contributed by atoms with Crippen molar-refractivity contribution in [1.82, 2.24) is 0 Å². The number of fused-ring (bicyclic) bond motifs is 2. The van der Waals surface area contributed by atoms with Crippen molar-refractivity contribution in [2.24, 2.45) is 0 Å². The summed E-state index contributed by atoms with van der Waals surface area (Å²) in [7, 11) is 1.45. The van der Waals surface area contributed by atoms with Gasteiger partial charge in [0, 0.05) is 17.3 Å². The number of nitrogens with one attached hydrogen (secondary N) is 1. The number of aromatic hydroxyl groups is 2. The van der Waals surface area contributed by atoms with Crippen molar-refractivity contribution < 1.29 is 19.7 Å². The SMILES string of the molecule is COc1cc2c(c(O)c1O)C=C1C=C(OCc3ccccc3)C=CC1N2. The Labute approximate surface area is 151 Å². The number of anilines is 1. The fourth-order valence-corrected chi connectivity index (χ4v) is 3.10. The fourth-order valence-electron chi connectivity index (χ4n) is 3.10. The maximum absolute atomic E-state index is 10.3. The van der Waals surface area contributed by atoms with E-state index in [9.17, 15) is 10.2 Å². The van der Waals surface area contributed by atoms with Gasteiger partial charge in [0.1, 0.15) is 12.4 Å². The van der Waals surface area contributed by atoms with Gasteiger partial charge in [-0.05, 0) is 29.4 Å². The molecule has 0 spiro atoms. The molecule has 132 valence electrons. The minimum absolute atomic E-state index is 0.0276. The van der Waals surface area contributed by atoms with E-state index >= 15 is 0 Å². The molecule has 1 atom stereocenters. The number of methoxy groups -OCH3 is 1. The molecule has 1 unspecified atom stereocenters. The van der Waals surface area contributed by atoms with E-state index in [-0.39, 0.29) is 23.3 Å². The molecule has 4 rings (SSSR count). The molecule has 1 heterocycles. The standard InChI is InChI=1S/C21H19NO4/c1-25-19-11-18-16(20(23)21(19)24)10-14-9-15(7-8-17(14)22-18)26-12-13-5-3-2-4-6-13/h2-11,17,22-24H,12H2,1H3. The normalized spacial score (nSPS) is 17.3. The molecule has 5 nitrogen and oxygen atoms in total. The molecule has 0 amide bonds. The van der Waals surface area contributed by atoms with Crippen LogP contribution in [0.5, 0.6) is 17.2 Å². The largest absolute Gasteiger partial charge is 0.504 e. The lowest BCUT2D eigenvalue weighted by Gasteiger charge is -2.28. The first-order valence-corrected chi connectivity index (χ1v) is 8.33. The van der Waals surface area contributed by atoms with Crippen LogP contribution in [0.3, 0.4) is 0 Å². The highest BCUT2D eigenvalue weighted by molar-refractivity contribution is 5.84. The Morgan fingerprint density at radius 3 is 2.65 bits per heavy atom. The van der Waals surface area contributed by atoms with E-state index in [1.807, 2.05) is 54.6 Å². The smallest absolute Gasteiger partial charge is 0.201 e. The van der Waals surface area contributed by atoms with Crippen LogP contribution < -0.4 is 10.1 Å². The molecule has 2 aromatic carbocycles. The van der Waals surface area contributed by atoms with Crippen molar-refractivity contribution >= 4 is 11.8 Å². The highest BCUT2D eigenvalue weighted by Crippen LogP contribution is 2.46. The molecule has 0 aromatic heterocycles. The number of phenolic OH excluding ortho intramolecular Hbond substituents is 2. The molecular formula is C21H19NO4. The van der Waals surface area contributed by atoms with Crippen molar-refractivity contribution in [2.45, 2.75) is 12.6 Å². The fraction of sp³-hybridized carbons (Fsp3) is 0.143. The van der Waals surface area contributed by atoms with Crippen molar-refractivity contribution in [2.75, 3.05) is 12.4 Å². The monoisotopic (exact) mass is 349 g/mol. The molecule has 3 N–H and O–H groups in total. The van der Waals surface area contributed by atoms with Crippen LogP contribution in [-0.2, 0) is 11.3 Å². The van der Waals surface area contributed by atoms with Crippen LogP contribution in [0.4, 0.5) is 5.69 Å². The van der Waals surface area contributed by atoms with Crippen molar-refractivity contribution in [3.05, 3.63) is 77.1 Å². The van der Waals surface area contributed by atoms with Gasteiger partial charge in [0.05, 0.1) is 13.2 Å². The van der Waals surface area contributed by atoms with Gasteiger partial charge in [-0.3, -0.25) is 0 Å². The molecule has 1 aliphatic heterocycles. The molecule has 0 bridgehead atoms. The third kappa shape index (κ3) is 2.88. The molecule has 5 heteroatoms. The minimum atomic E-state index is -0.265. The number of ether oxygens (including phenoxy) is 2. The Balaban J connectivity index is 1.61. The van der Waals surface area contributed by atoms with E-state index in [4.69, 9.17) is 9.47 Å². The molecule has 0 fully saturated rings. The number of benzene rings is 2. The van der Waals surface area contributed by atoms with Gasteiger partial charge >= 0.3 is 0 Å². The van der Waals surface area contributed by atoms with Crippen LogP contribution in [0.1, 0.15) is 11.1 Å². The lowest BCUT2D eigenvalue weighted by molar-refractivity contribution is 0.210. The summed E-state index contributed by atoms with van der Waals surface area (Å²) in [6, 6.07) is 11.6. The van der Waals surface area contributed by atoms with Crippen LogP contribution in [0, 0.1) is 0 Å². The summed E-state index contributed by atoms with van der Waals surface area (Å²) in [5, 5.41) is 23.6. The Kier molecular flexibility index (Phi) is 4.05. The first kappa shape index (κ1) is 16.1. The van der Waals surface area contributed by atoms with Crippen molar-refractivity contribution in [1.29, 1.82) is 0 Å². The highest BCUT2D eigenvalue weighted by Gasteiger charge is 2.25. The third-order valence-corrected chi connectivity index (χ3v) is 4.49. The van der Waals surface area contributed by atoms with Gasteiger partial charge in [-0.2, -0.15) is 0 Å². The lowest BCUT2D eigenvalue weighted by atomic mass is 9.93. The summed E-state index contributed by atoms with van der Waals surface area (Å²) in [5.41, 5.74) is 3.28. The number of phenols is 2. The molecule has 1 aliphatic carbocycles. The Morgan fingerprint density at radius 1 is 1.08 bits per heavy atom. The Hall–Kier alpha value is -3.34. The summed E-state index contributed by atoms with van der Waals surface area (Å²) in [6.45, 7) is 0.488. The maximum atomic E-state index is 10.3. The number of hydrogen-bond donors (Lipinski definition) is 3. The van der Waals surface area contributed by atoms with Crippen molar-refractivity contribution in [3.8, 4) is 17.2 Å². The van der Waals surface area contributed by atoms with E-state index < -0.39 is 0 Å². The van der Waals surface area contributed by atoms with Gasteiger partial charge in [-0.25, -0.2) is 0 Å². The number of rotatable bonds is 4. The molecule has 0 radical (unpaired) electrons. The molecule has 0 saturated carbocycles. The zero-order valence-corrected chi connectivity index (χ0v) is 14.3. The predicted octanol–water partition coefficient (Wildman–Crippen LogP) is 3.95. The molecule has 26 heavy (non-hydrogen) atoms. The second kappa shape index (κ2) is 6.52. The molecule has 0 saturated heterocycles. The topological polar surface area (TPSA) is 71.0 Å². The zero-order chi connectivity index (χ0) is 18.1. The van der Waals surface area contributed by atoms with Crippen molar-refractivity contribution in [3.63, 3.8) is 0 Å². The Bertz CT molecular complexity index is 929. The number of hydrogen-bond acceptors (Lipinski definition) is 5. The molecule has 2 aromatic rings. The zero-order valence-electron chi connectivity index (χ0n) is 14.3. The summed E-state index contributed by atoms with van der Waals surface area (Å²) in [4.78, 5) is 0. The second-order valence-electron chi connectivity index (χ2n) is 6.18. The van der Waals surface area contributed by atoms with Gasteiger partial charge < -0.3 is 25.0 Å². The van der Waals surface area contributed by atoms with E-state index in [1.165, 1.54) is 7.11 Å². The second-order valence-corrected chi connectivity index (χ2v) is 6.18. The summed E-state index contributed by atoms with van der Waals surface area (Å²) in [5.74, 6) is 0.512. The van der Waals surface area contributed by atoms with Gasteiger partial charge in [-0.15, -0.1) is 0 Å². The average molecular weight is 349 g/mol. The first-order chi connectivity index (χ1) is 12.7. The summed E-state index contributed by atoms with van der Waals surface area (Å²) < 4.78 is 11.0. The van der Waals surface area contributed by atoms with Crippen LogP contribution in [-0.4, -0.2) is 23.4 Å². The Morgan fingerprint density at radius 2 is 1.88 bits per heavy atom. The summed E-state index contributed by atoms with van der Waals surface area (Å²) >= 11 is 0. The first-order valence-electron chi connectivity index (χ1n) is 8.33. The highest BCUT2D eigenvalue weighted by atomic mass is 16.5. The van der Waals surface area contributed by atoms with Gasteiger partial charge in [0.2, 0.25) is 5.75 Å². The quantitative estimate of drug-likeness (QED) is 0.576. The van der Waals surface area contributed by atoms with Gasteiger partial charge in [0.25, 0.3) is 0 Å². The van der Waals surface area contributed by atoms with Crippen LogP contribution >= 0.6 is 0 Å². The predicted molar refractivity (Wildman–Crippen MR) is 100 cm³/mol. The van der Waals surface area contributed by atoms with E-state index in [1.54, 1.807) is 6.07 Å². The maximum Gasteiger partial charge on any atom is 0.201 e. The van der Waals surface area contributed by atoms with E-state index in [0.717, 1.165) is 16.9 Å². The van der Waals surface area contributed by atoms with Gasteiger partial charge in [-0.1, -0.05) is 36.4 Å². The van der Waals surface area contributed by atoms with Gasteiger partial charge in [0.15, 0.2) is 11.5 Å². The van der Waals surface area contributed by atoms with E-state index in [0.29, 0.717) is 17.9 Å². The van der Waals surface area contributed by atoms with Crippen LogP contribution in [0.2, 0.25) is 0 Å². The van der Waals surface area contributed by atoms with Crippen LogP contribution in [0.25, 0.3) is 6.08 Å². The minimum Gasteiger partial charge on any atom is -0.504 e. The average Bonchev–Trinajstić information content (AvgIpc) is 2.68. The molecular weight excluding hydrogens is 330 g/mol. The summed E-state index contributed by atoms with van der Waals surface area (Å²) in [6.07, 6.45) is 7.72. The third-order valence-electron chi connectivity index (χ3n) is 4.49. The lowest BCUT2D eigenvalue weighted by Crippen LogP contribution is -2.24.